The van der Waals surface area contributed by atoms with Gasteiger partial charge < -0.3 is 10.6 Å². The number of thiazole rings is 1. The number of benzene rings is 1. The number of hydrogen-bond donors (Lipinski definition) is 1. The fourth-order valence-corrected chi connectivity index (χ4v) is 3.58. The average molecular weight is 301 g/mol. The van der Waals surface area contributed by atoms with E-state index in [4.69, 9.17) is 5.73 Å². The molecule has 5 heteroatoms. The van der Waals surface area contributed by atoms with Crippen LogP contribution >= 0.6 is 11.3 Å². The molecule has 1 aromatic heterocycles. The van der Waals surface area contributed by atoms with Crippen molar-refractivity contribution in [1.82, 2.24) is 9.88 Å². The Kier molecular flexibility index (Phi) is 4.03. The van der Waals surface area contributed by atoms with E-state index in [0.29, 0.717) is 6.54 Å². The van der Waals surface area contributed by atoms with Crippen LogP contribution in [0.5, 0.6) is 0 Å². The van der Waals surface area contributed by atoms with Gasteiger partial charge in [-0.2, -0.15) is 0 Å². The quantitative estimate of drug-likeness (QED) is 0.948. The molecule has 1 fully saturated rings. The summed E-state index contributed by atoms with van der Waals surface area (Å²) in [5, 5.41) is 2.98. The van der Waals surface area contributed by atoms with Crippen molar-refractivity contribution in [2.75, 3.05) is 13.1 Å². The molecule has 1 atom stereocenters. The van der Waals surface area contributed by atoms with E-state index in [1.165, 1.54) is 0 Å². The summed E-state index contributed by atoms with van der Waals surface area (Å²) in [7, 11) is 0. The highest BCUT2D eigenvalue weighted by molar-refractivity contribution is 7.13. The molecule has 0 spiro atoms. The molecule has 1 aromatic carbocycles. The van der Waals surface area contributed by atoms with Gasteiger partial charge in [0.05, 0.1) is 0 Å². The lowest BCUT2D eigenvalue weighted by Crippen LogP contribution is -2.39. The molecule has 0 bridgehead atoms. The fourth-order valence-electron chi connectivity index (χ4n) is 2.79. The van der Waals surface area contributed by atoms with E-state index in [1.54, 1.807) is 11.3 Å². The largest absolute Gasteiger partial charge is 0.334 e. The minimum Gasteiger partial charge on any atom is -0.334 e. The molecule has 3 rings (SSSR count). The zero-order valence-corrected chi connectivity index (χ0v) is 12.9. The van der Waals surface area contributed by atoms with Crippen molar-refractivity contribution in [2.24, 2.45) is 5.73 Å². The lowest BCUT2D eigenvalue weighted by atomic mass is 10.1. The third-order valence-electron chi connectivity index (χ3n) is 3.89. The summed E-state index contributed by atoms with van der Waals surface area (Å²) < 4.78 is 0. The first-order valence-corrected chi connectivity index (χ1v) is 8.10. The third kappa shape index (κ3) is 2.84. The number of hydrogen-bond acceptors (Lipinski definition) is 4. The second kappa shape index (κ2) is 5.95. The zero-order valence-electron chi connectivity index (χ0n) is 12.1. The fraction of sp³-hybridized carbons (Fsp3) is 0.375. The van der Waals surface area contributed by atoms with Crippen LogP contribution in [0.3, 0.4) is 0 Å². The SMILES string of the molecule is Cc1csc(-c2cccc(C(=O)N3CCCC3CN)c2)n1. The summed E-state index contributed by atoms with van der Waals surface area (Å²) in [6, 6.07) is 7.92. The molecular formula is C16H19N3OS. The molecular weight excluding hydrogens is 282 g/mol. The molecule has 2 aromatic rings. The molecule has 1 aliphatic rings. The standard InChI is InChI=1S/C16H19N3OS/c1-11-10-21-15(18-11)12-4-2-5-13(8-12)16(20)19-7-3-6-14(19)9-17/h2,4-5,8,10,14H,3,6-7,9,17H2,1H3. The van der Waals surface area contributed by atoms with E-state index in [0.717, 1.165) is 41.2 Å². The number of rotatable bonds is 3. The molecule has 0 aliphatic carbocycles. The van der Waals surface area contributed by atoms with Crippen molar-refractivity contribution in [1.29, 1.82) is 0 Å². The predicted octanol–water partition coefficient (Wildman–Crippen LogP) is 2.68. The van der Waals surface area contributed by atoms with Gasteiger partial charge in [-0.05, 0) is 31.9 Å². The van der Waals surface area contributed by atoms with Crippen LogP contribution in [0.1, 0.15) is 28.9 Å². The Hall–Kier alpha value is -1.72. The average Bonchev–Trinajstić information content (AvgIpc) is 3.15. The van der Waals surface area contributed by atoms with Crippen molar-refractivity contribution in [3.05, 3.63) is 40.9 Å². The predicted molar refractivity (Wildman–Crippen MR) is 85.4 cm³/mol. The van der Waals surface area contributed by atoms with Crippen LogP contribution < -0.4 is 5.73 Å². The van der Waals surface area contributed by atoms with Crippen LogP contribution in [-0.4, -0.2) is 34.9 Å². The van der Waals surface area contributed by atoms with Crippen LogP contribution in [0.15, 0.2) is 29.6 Å². The number of nitrogens with zero attached hydrogens (tertiary/aromatic N) is 2. The molecule has 2 heterocycles. The second-order valence-corrected chi connectivity index (χ2v) is 6.26. The van der Waals surface area contributed by atoms with E-state index in [9.17, 15) is 4.79 Å². The molecule has 1 saturated heterocycles. The van der Waals surface area contributed by atoms with Gasteiger partial charge in [0.1, 0.15) is 5.01 Å². The summed E-state index contributed by atoms with van der Waals surface area (Å²) in [4.78, 5) is 19.1. The molecule has 1 aliphatic heterocycles. The van der Waals surface area contributed by atoms with Crippen molar-refractivity contribution in [2.45, 2.75) is 25.8 Å². The molecule has 1 amide bonds. The maximum absolute atomic E-state index is 12.7. The van der Waals surface area contributed by atoms with E-state index < -0.39 is 0 Å². The summed E-state index contributed by atoms with van der Waals surface area (Å²) in [6.45, 7) is 3.32. The summed E-state index contributed by atoms with van der Waals surface area (Å²) in [6.07, 6.45) is 2.05. The van der Waals surface area contributed by atoms with Crippen LogP contribution in [0.4, 0.5) is 0 Å². The number of likely N-dealkylation sites (tertiary alicyclic amines) is 1. The zero-order chi connectivity index (χ0) is 14.8. The van der Waals surface area contributed by atoms with Crippen molar-refractivity contribution >= 4 is 17.2 Å². The van der Waals surface area contributed by atoms with Crippen LogP contribution in [0.2, 0.25) is 0 Å². The highest BCUT2D eigenvalue weighted by Crippen LogP contribution is 2.26. The Labute approximate surface area is 128 Å². The maximum Gasteiger partial charge on any atom is 0.254 e. The van der Waals surface area contributed by atoms with Gasteiger partial charge in [-0.15, -0.1) is 11.3 Å². The molecule has 0 saturated carbocycles. The van der Waals surface area contributed by atoms with E-state index in [-0.39, 0.29) is 11.9 Å². The Morgan fingerprint density at radius 1 is 1.52 bits per heavy atom. The Morgan fingerprint density at radius 3 is 3.10 bits per heavy atom. The van der Waals surface area contributed by atoms with Crippen molar-refractivity contribution in [3.8, 4) is 10.6 Å². The van der Waals surface area contributed by atoms with Crippen molar-refractivity contribution in [3.63, 3.8) is 0 Å². The van der Waals surface area contributed by atoms with Gasteiger partial charge in [0.25, 0.3) is 5.91 Å². The van der Waals surface area contributed by atoms with E-state index in [1.807, 2.05) is 41.5 Å². The maximum atomic E-state index is 12.7. The molecule has 21 heavy (non-hydrogen) atoms. The second-order valence-electron chi connectivity index (χ2n) is 5.41. The van der Waals surface area contributed by atoms with E-state index >= 15 is 0 Å². The molecule has 4 nitrogen and oxygen atoms in total. The molecule has 0 radical (unpaired) electrons. The molecule has 1 unspecified atom stereocenters. The third-order valence-corrected chi connectivity index (χ3v) is 4.89. The minimum absolute atomic E-state index is 0.0816. The van der Waals surface area contributed by atoms with Crippen molar-refractivity contribution < 1.29 is 4.79 Å². The smallest absolute Gasteiger partial charge is 0.254 e. The number of carbonyl (C=O) groups is 1. The van der Waals surface area contributed by atoms with Gasteiger partial charge in [-0.25, -0.2) is 4.98 Å². The Bertz CT molecular complexity index is 652. The lowest BCUT2D eigenvalue weighted by Gasteiger charge is -2.23. The first-order valence-electron chi connectivity index (χ1n) is 7.22. The van der Waals surface area contributed by atoms with Crippen LogP contribution in [0, 0.1) is 6.92 Å². The van der Waals surface area contributed by atoms with Gasteiger partial charge in [0.2, 0.25) is 0 Å². The highest BCUT2D eigenvalue weighted by Gasteiger charge is 2.28. The summed E-state index contributed by atoms with van der Waals surface area (Å²) in [5.74, 6) is 0.0816. The first kappa shape index (κ1) is 14.2. The number of nitrogens with two attached hydrogens (primary N) is 1. The number of aromatic nitrogens is 1. The summed E-state index contributed by atoms with van der Waals surface area (Å²) >= 11 is 1.60. The van der Waals surface area contributed by atoms with Gasteiger partial charge in [-0.3, -0.25) is 4.79 Å². The van der Waals surface area contributed by atoms with Gasteiger partial charge in [0, 0.05) is 41.3 Å². The van der Waals surface area contributed by atoms with Gasteiger partial charge >= 0.3 is 0 Å². The topological polar surface area (TPSA) is 59.2 Å². The normalized spacial score (nSPS) is 18.2. The van der Waals surface area contributed by atoms with Crippen LogP contribution in [-0.2, 0) is 0 Å². The lowest BCUT2D eigenvalue weighted by molar-refractivity contribution is 0.0741. The Balaban J connectivity index is 1.87. The minimum atomic E-state index is 0.0816. The molecule has 110 valence electrons. The molecule has 2 N–H and O–H groups in total. The van der Waals surface area contributed by atoms with Gasteiger partial charge in [-0.1, -0.05) is 12.1 Å². The number of aryl methyl sites for hydroxylation is 1. The first-order chi connectivity index (χ1) is 10.2. The monoisotopic (exact) mass is 301 g/mol. The number of amides is 1. The van der Waals surface area contributed by atoms with Gasteiger partial charge in [0.15, 0.2) is 0 Å². The van der Waals surface area contributed by atoms with Crippen LogP contribution in [0.25, 0.3) is 10.6 Å². The highest BCUT2D eigenvalue weighted by atomic mass is 32.1. The summed E-state index contributed by atoms with van der Waals surface area (Å²) in [5.41, 5.74) is 8.50. The Morgan fingerprint density at radius 2 is 2.38 bits per heavy atom. The van der Waals surface area contributed by atoms with E-state index in [2.05, 4.69) is 4.98 Å². The number of carbonyl (C=O) groups excluding carboxylic acids is 1.